The molecule has 0 bridgehead atoms. The van der Waals surface area contributed by atoms with Gasteiger partial charge in [0.05, 0.1) is 16.2 Å². The van der Waals surface area contributed by atoms with Crippen LogP contribution >= 0.6 is 0 Å². The molecule has 1 fully saturated rings. The van der Waals surface area contributed by atoms with Crippen molar-refractivity contribution in [3.05, 3.63) is 34.4 Å². The summed E-state index contributed by atoms with van der Waals surface area (Å²) in [6.45, 7) is 0.317. The predicted octanol–water partition coefficient (Wildman–Crippen LogP) is 0.690. The first-order valence-electron chi connectivity index (χ1n) is 5.77. The lowest BCUT2D eigenvalue weighted by atomic mass is 10.00. The van der Waals surface area contributed by atoms with Gasteiger partial charge < -0.3 is 5.11 Å². The van der Waals surface area contributed by atoms with Crippen molar-refractivity contribution in [3.8, 4) is 0 Å². The molecule has 0 amide bonds. The highest BCUT2D eigenvalue weighted by Crippen LogP contribution is 2.27. The molecule has 1 aromatic rings. The quantitative estimate of drug-likeness (QED) is 0.631. The van der Waals surface area contributed by atoms with Crippen molar-refractivity contribution in [2.45, 2.75) is 11.3 Å². The summed E-state index contributed by atoms with van der Waals surface area (Å²) >= 11 is 0. The van der Waals surface area contributed by atoms with Crippen molar-refractivity contribution in [1.29, 1.82) is 0 Å². The van der Waals surface area contributed by atoms with Crippen LogP contribution in [-0.4, -0.2) is 41.8 Å². The SMILES string of the molecule is O=C(O)CC1CN(S(=O)(=O)c2ccc([N+](=O)[O-])cc2)C1. The summed E-state index contributed by atoms with van der Waals surface area (Å²) in [5.41, 5.74) is -0.184. The molecular weight excluding hydrogens is 288 g/mol. The minimum atomic E-state index is -3.70. The van der Waals surface area contributed by atoms with Gasteiger partial charge in [0.2, 0.25) is 10.0 Å². The van der Waals surface area contributed by atoms with Crippen LogP contribution in [-0.2, 0) is 14.8 Å². The highest BCUT2D eigenvalue weighted by atomic mass is 32.2. The van der Waals surface area contributed by atoms with E-state index in [1.54, 1.807) is 0 Å². The van der Waals surface area contributed by atoms with Crippen LogP contribution in [0, 0.1) is 16.0 Å². The molecule has 0 spiro atoms. The summed E-state index contributed by atoms with van der Waals surface area (Å²) in [7, 11) is -3.70. The molecule has 20 heavy (non-hydrogen) atoms. The maximum absolute atomic E-state index is 12.1. The van der Waals surface area contributed by atoms with Gasteiger partial charge in [-0.05, 0) is 18.1 Å². The number of carbonyl (C=O) groups is 1. The number of nitro benzene ring substituents is 1. The van der Waals surface area contributed by atoms with Gasteiger partial charge in [0.15, 0.2) is 0 Å². The van der Waals surface area contributed by atoms with Crippen molar-refractivity contribution in [2.75, 3.05) is 13.1 Å². The maximum Gasteiger partial charge on any atom is 0.303 e. The molecule has 0 atom stereocenters. The lowest BCUT2D eigenvalue weighted by Gasteiger charge is -2.37. The Hall–Kier alpha value is -2.00. The van der Waals surface area contributed by atoms with E-state index in [9.17, 15) is 23.3 Å². The van der Waals surface area contributed by atoms with Gasteiger partial charge in [0.25, 0.3) is 5.69 Å². The number of nitrogens with zero attached hydrogens (tertiary/aromatic N) is 2. The fourth-order valence-corrected chi connectivity index (χ4v) is 3.58. The molecule has 1 aromatic carbocycles. The van der Waals surface area contributed by atoms with E-state index in [0.717, 1.165) is 12.1 Å². The summed E-state index contributed by atoms with van der Waals surface area (Å²) in [5.74, 6) is -1.14. The average Bonchev–Trinajstić information content (AvgIpc) is 2.33. The summed E-state index contributed by atoms with van der Waals surface area (Å²) in [6.07, 6.45) is -0.0632. The zero-order valence-electron chi connectivity index (χ0n) is 10.3. The number of non-ortho nitro benzene ring substituents is 1. The second kappa shape index (κ2) is 5.17. The molecule has 1 aliphatic rings. The molecule has 108 valence electrons. The Morgan fingerprint density at radius 2 is 1.90 bits per heavy atom. The summed E-state index contributed by atoms with van der Waals surface area (Å²) in [6, 6.07) is 4.61. The Morgan fingerprint density at radius 3 is 2.35 bits per heavy atom. The smallest absolute Gasteiger partial charge is 0.303 e. The zero-order valence-corrected chi connectivity index (χ0v) is 11.1. The normalized spacial score (nSPS) is 16.6. The molecule has 1 N–H and O–H groups in total. The Kier molecular flexibility index (Phi) is 3.73. The summed E-state index contributed by atoms with van der Waals surface area (Å²) in [4.78, 5) is 20.4. The van der Waals surface area contributed by atoms with E-state index >= 15 is 0 Å². The first-order valence-corrected chi connectivity index (χ1v) is 7.21. The molecule has 0 aliphatic carbocycles. The average molecular weight is 300 g/mol. The first-order chi connectivity index (χ1) is 9.30. The van der Waals surface area contributed by atoms with Crippen LogP contribution in [0.25, 0.3) is 0 Å². The van der Waals surface area contributed by atoms with Crippen molar-refractivity contribution < 1.29 is 23.2 Å². The standard InChI is InChI=1S/C11H12N2O6S/c14-11(15)5-8-6-12(7-8)20(18,19)10-3-1-9(2-4-10)13(16)17/h1-4,8H,5-7H2,(H,14,15). The van der Waals surface area contributed by atoms with E-state index < -0.39 is 20.9 Å². The maximum atomic E-state index is 12.1. The third-order valence-electron chi connectivity index (χ3n) is 3.07. The zero-order chi connectivity index (χ0) is 14.9. The topological polar surface area (TPSA) is 118 Å². The Labute approximate surface area is 114 Å². The van der Waals surface area contributed by atoms with Crippen molar-refractivity contribution in [2.24, 2.45) is 5.92 Å². The molecule has 9 heteroatoms. The highest BCUT2D eigenvalue weighted by Gasteiger charge is 2.37. The van der Waals surface area contributed by atoms with E-state index in [-0.39, 0.29) is 36.0 Å². The van der Waals surface area contributed by atoms with Gasteiger partial charge in [0.1, 0.15) is 0 Å². The molecule has 0 saturated carbocycles. The number of aliphatic carboxylic acids is 1. The van der Waals surface area contributed by atoms with E-state index in [1.807, 2.05) is 0 Å². The molecule has 2 rings (SSSR count). The fraction of sp³-hybridized carbons (Fsp3) is 0.364. The van der Waals surface area contributed by atoms with Crippen LogP contribution in [0.5, 0.6) is 0 Å². The second-order valence-corrected chi connectivity index (χ2v) is 6.47. The number of hydrogen-bond donors (Lipinski definition) is 1. The second-order valence-electron chi connectivity index (χ2n) is 4.54. The number of nitro groups is 1. The number of carboxylic acids is 1. The minimum Gasteiger partial charge on any atom is -0.481 e. The van der Waals surface area contributed by atoms with E-state index in [4.69, 9.17) is 5.11 Å². The first kappa shape index (κ1) is 14.4. The molecular formula is C11H12N2O6S. The van der Waals surface area contributed by atoms with Gasteiger partial charge in [-0.3, -0.25) is 14.9 Å². The van der Waals surface area contributed by atoms with Crippen molar-refractivity contribution >= 4 is 21.7 Å². The molecule has 0 unspecified atom stereocenters. The molecule has 0 aromatic heterocycles. The van der Waals surface area contributed by atoms with Crippen LogP contribution in [0.1, 0.15) is 6.42 Å². The van der Waals surface area contributed by atoms with Gasteiger partial charge in [-0.15, -0.1) is 0 Å². The largest absolute Gasteiger partial charge is 0.481 e. The fourth-order valence-electron chi connectivity index (χ4n) is 1.98. The van der Waals surface area contributed by atoms with E-state index in [1.165, 1.54) is 16.4 Å². The van der Waals surface area contributed by atoms with Crippen molar-refractivity contribution in [1.82, 2.24) is 4.31 Å². The number of sulfonamides is 1. The lowest BCUT2D eigenvalue weighted by molar-refractivity contribution is -0.384. The van der Waals surface area contributed by atoms with Gasteiger partial charge in [0, 0.05) is 25.2 Å². The van der Waals surface area contributed by atoms with Crippen LogP contribution < -0.4 is 0 Å². The monoisotopic (exact) mass is 300 g/mol. The Balaban J connectivity index is 2.08. The number of rotatable bonds is 5. The third-order valence-corrected chi connectivity index (χ3v) is 4.92. The molecule has 0 radical (unpaired) electrons. The van der Waals surface area contributed by atoms with E-state index in [2.05, 4.69) is 0 Å². The summed E-state index contributed by atoms with van der Waals surface area (Å²) in [5, 5.41) is 19.1. The Bertz CT molecular complexity index is 633. The summed E-state index contributed by atoms with van der Waals surface area (Å²) < 4.78 is 25.4. The minimum absolute atomic E-state index is 0.0307. The predicted molar refractivity (Wildman–Crippen MR) is 67.6 cm³/mol. The Morgan fingerprint density at radius 1 is 1.35 bits per heavy atom. The van der Waals surface area contributed by atoms with Gasteiger partial charge in [-0.25, -0.2) is 8.42 Å². The molecule has 1 heterocycles. The van der Waals surface area contributed by atoms with Gasteiger partial charge in [-0.1, -0.05) is 0 Å². The molecule has 1 saturated heterocycles. The van der Waals surface area contributed by atoms with Crippen molar-refractivity contribution in [3.63, 3.8) is 0 Å². The van der Waals surface area contributed by atoms with Crippen LogP contribution in [0.4, 0.5) is 5.69 Å². The lowest BCUT2D eigenvalue weighted by Crippen LogP contribution is -2.50. The van der Waals surface area contributed by atoms with Gasteiger partial charge in [-0.2, -0.15) is 4.31 Å². The molecule has 1 aliphatic heterocycles. The number of carboxylic acid groups (broad SMARTS) is 1. The van der Waals surface area contributed by atoms with E-state index in [0.29, 0.717) is 0 Å². The van der Waals surface area contributed by atoms with Crippen LogP contribution in [0.3, 0.4) is 0 Å². The van der Waals surface area contributed by atoms with Gasteiger partial charge >= 0.3 is 5.97 Å². The highest BCUT2D eigenvalue weighted by molar-refractivity contribution is 7.89. The number of benzene rings is 1. The number of hydrogen-bond acceptors (Lipinski definition) is 5. The third kappa shape index (κ3) is 2.78. The van der Waals surface area contributed by atoms with Crippen LogP contribution in [0.2, 0.25) is 0 Å². The van der Waals surface area contributed by atoms with Crippen LogP contribution in [0.15, 0.2) is 29.2 Å². The molecule has 8 nitrogen and oxygen atoms in total.